The maximum absolute atomic E-state index is 11.7. The van der Waals surface area contributed by atoms with Crippen molar-refractivity contribution in [2.24, 2.45) is 0 Å². The number of benzene rings is 1. The number of rotatable bonds is 3. The number of carbonyl (C=O) groups is 2. The van der Waals surface area contributed by atoms with Crippen LogP contribution in [0.2, 0.25) is 0 Å². The first-order valence-electron chi connectivity index (χ1n) is 5.53. The third-order valence-electron chi connectivity index (χ3n) is 2.85. The zero-order valence-electron chi connectivity index (χ0n) is 10.5. The number of methoxy groups -OCH3 is 1. The van der Waals surface area contributed by atoms with Crippen molar-refractivity contribution in [3.63, 3.8) is 0 Å². The second kappa shape index (κ2) is 4.96. The number of hydrogen-bond acceptors (Lipinski definition) is 6. The van der Waals surface area contributed by atoms with Gasteiger partial charge in [0.1, 0.15) is 17.4 Å². The molecule has 0 unspecified atom stereocenters. The van der Waals surface area contributed by atoms with Crippen LogP contribution in [0.1, 0.15) is 20.7 Å². The molecule has 0 aliphatic rings. The van der Waals surface area contributed by atoms with Crippen LogP contribution >= 0.6 is 0 Å². The van der Waals surface area contributed by atoms with Crippen LogP contribution in [-0.4, -0.2) is 24.2 Å². The molecule has 2 rings (SSSR count). The van der Waals surface area contributed by atoms with E-state index in [1.807, 2.05) is 0 Å². The van der Waals surface area contributed by atoms with Crippen molar-refractivity contribution in [1.29, 1.82) is 0 Å². The van der Waals surface area contributed by atoms with Gasteiger partial charge < -0.3 is 25.7 Å². The SMILES string of the molecule is COC(=O)c1c(N)ccc(-c2cocc2C(=O)O)c1N. The molecule has 20 heavy (non-hydrogen) atoms. The van der Waals surface area contributed by atoms with E-state index in [4.69, 9.17) is 21.0 Å². The fourth-order valence-corrected chi connectivity index (χ4v) is 1.87. The third-order valence-corrected chi connectivity index (χ3v) is 2.85. The molecule has 7 heteroatoms. The first-order valence-corrected chi connectivity index (χ1v) is 5.53. The van der Waals surface area contributed by atoms with E-state index in [0.717, 1.165) is 6.26 Å². The van der Waals surface area contributed by atoms with Gasteiger partial charge in [0.05, 0.1) is 19.1 Å². The summed E-state index contributed by atoms with van der Waals surface area (Å²) in [5, 5.41) is 9.07. The van der Waals surface area contributed by atoms with E-state index in [9.17, 15) is 9.59 Å². The molecule has 0 saturated carbocycles. The second-order valence-electron chi connectivity index (χ2n) is 3.99. The van der Waals surface area contributed by atoms with Crippen molar-refractivity contribution in [3.8, 4) is 11.1 Å². The van der Waals surface area contributed by atoms with Gasteiger partial charge >= 0.3 is 11.9 Å². The van der Waals surface area contributed by atoms with Crippen molar-refractivity contribution in [1.82, 2.24) is 0 Å². The Morgan fingerprint density at radius 3 is 2.50 bits per heavy atom. The van der Waals surface area contributed by atoms with E-state index in [0.29, 0.717) is 5.56 Å². The Morgan fingerprint density at radius 2 is 1.90 bits per heavy atom. The summed E-state index contributed by atoms with van der Waals surface area (Å²) < 4.78 is 9.50. The molecule has 0 saturated heterocycles. The van der Waals surface area contributed by atoms with Gasteiger partial charge in [-0.05, 0) is 6.07 Å². The maximum atomic E-state index is 11.7. The van der Waals surface area contributed by atoms with Gasteiger partial charge in [-0.25, -0.2) is 9.59 Å². The predicted molar refractivity (Wildman–Crippen MR) is 71.3 cm³/mol. The van der Waals surface area contributed by atoms with Gasteiger partial charge in [-0.1, -0.05) is 6.07 Å². The van der Waals surface area contributed by atoms with Crippen LogP contribution in [0.4, 0.5) is 11.4 Å². The molecule has 7 nitrogen and oxygen atoms in total. The van der Waals surface area contributed by atoms with Crippen LogP contribution in [0.15, 0.2) is 29.1 Å². The highest BCUT2D eigenvalue weighted by molar-refractivity contribution is 6.06. The van der Waals surface area contributed by atoms with Gasteiger partial charge in [0.2, 0.25) is 0 Å². The van der Waals surface area contributed by atoms with Crippen LogP contribution in [0.3, 0.4) is 0 Å². The lowest BCUT2D eigenvalue weighted by atomic mass is 9.98. The van der Waals surface area contributed by atoms with Crippen molar-refractivity contribution in [2.75, 3.05) is 18.6 Å². The fraction of sp³-hybridized carbons (Fsp3) is 0.0769. The number of furan rings is 1. The molecule has 1 aromatic heterocycles. The van der Waals surface area contributed by atoms with E-state index < -0.39 is 11.9 Å². The summed E-state index contributed by atoms with van der Waals surface area (Å²) in [6.07, 6.45) is 2.33. The zero-order valence-corrected chi connectivity index (χ0v) is 10.5. The minimum Gasteiger partial charge on any atom is -0.478 e. The van der Waals surface area contributed by atoms with Gasteiger partial charge in [0.15, 0.2) is 0 Å². The molecule has 2 aromatic rings. The summed E-state index contributed by atoms with van der Waals surface area (Å²) >= 11 is 0. The quantitative estimate of drug-likeness (QED) is 0.573. The Labute approximate surface area is 113 Å². The molecule has 0 aliphatic carbocycles. The van der Waals surface area contributed by atoms with E-state index in [1.54, 1.807) is 0 Å². The summed E-state index contributed by atoms with van der Waals surface area (Å²) in [5.41, 5.74) is 12.3. The number of carbonyl (C=O) groups excluding carboxylic acids is 1. The lowest BCUT2D eigenvalue weighted by Crippen LogP contribution is -2.10. The Morgan fingerprint density at radius 1 is 1.20 bits per heavy atom. The Bertz CT molecular complexity index is 690. The molecule has 0 spiro atoms. The Hall–Kier alpha value is -2.96. The number of carboxylic acids is 1. The smallest absolute Gasteiger partial charge is 0.342 e. The minimum absolute atomic E-state index is 0.00235. The minimum atomic E-state index is -1.16. The summed E-state index contributed by atoms with van der Waals surface area (Å²) in [7, 11) is 1.20. The van der Waals surface area contributed by atoms with Gasteiger partial charge in [-0.3, -0.25) is 0 Å². The topological polar surface area (TPSA) is 129 Å². The molecule has 0 atom stereocenters. The molecule has 1 aromatic carbocycles. The van der Waals surface area contributed by atoms with E-state index >= 15 is 0 Å². The molecule has 104 valence electrons. The average molecular weight is 276 g/mol. The number of nitrogens with two attached hydrogens (primary N) is 2. The molecular formula is C13H12N2O5. The van der Waals surface area contributed by atoms with Gasteiger partial charge in [0.25, 0.3) is 0 Å². The first-order chi connectivity index (χ1) is 9.47. The molecule has 0 radical (unpaired) electrons. The first kappa shape index (κ1) is 13.5. The largest absolute Gasteiger partial charge is 0.478 e. The molecule has 0 bridgehead atoms. The lowest BCUT2D eigenvalue weighted by Gasteiger charge is -2.11. The Kier molecular flexibility index (Phi) is 3.34. The molecule has 5 N–H and O–H groups in total. The van der Waals surface area contributed by atoms with E-state index in [1.165, 1.54) is 25.5 Å². The number of carboxylic acid groups (broad SMARTS) is 1. The number of ether oxygens (including phenoxy) is 1. The van der Waals surface area contributed by atoms with Gasteiger partial charge in [-0.15, -0.1) is 0 Å². The summed E-state index contributed by atoms with van der Waals surface area (Å²) in [6, 6.07) is 2.98. The number of anilines is 2. The number of nitrogen functional groups attached to an aromatic ring is 2. The Balaban J connectivity index is 2.67. The highest BCUT2D eigenvalue weighted by Crippen LogP contribution is 2.34. The van der Waals surface area contributed by atoms with Crippen molar-refractivity contribution in [2.45, 2.75) is 0 Å². The van der Waals surface area contributed by atoms with Crippen LogP contribution in [0, 0.1) is 0 Å². The molecule has 0 aliphatic heterocycles. The highest BCUT2D eigenvalue weighted by Gasteiger charge is 2.22. The second-order valence-corrected chi connectivity index (χ2v) is 3.99. The standard InChI is InChI=1S/C13H12N2O5/c1-19-13(18)10-9(14)3-2-6(11(10)15)7-4-20-5-8(7)12(16)17/h2-5H,14-15H2,1H3,(H,16,17). The van der Waals surface area contributed by atoms with E-state index in [-0.39, 0.29) is 28.1 Å². The summed E-state index contributed by atoms with van der Waals surface area (Å²) in [4.78, 5) is 22.8. The van der Waals surface area contributed by atoms with Crippen LogP contribution in [0.25, 0.3) is 11.1 Å². The molecule has 0 fully saturated rings. The number of hydrogen-bond donors (Lipinski definition) is 3. The molecule has 1 heterocycles. The van der Waals surface area contributed by atoms with Crippen molar-refractivity contribution < 1.29 is 23.8 Å². The zero-order chi connectivity index (χ0) is 14.9. The summed E-state index contributed by atoms with van der Waals surface area (Å²) in [5.74, 6) is -1.85. The number of aromatic carboxylic acids is 1. The van der Waals surface area contributed by atoms with Gasteiger partial charge in [-0.2, -0.15) is 0 Å². The predicted octanol–water partition coefficient (Wildman–Crippen LogP) is 1.60. The number of esters is 1. The van der Waals surface area contributed by atoms with Crippen molar-refractivity contribution >= 4 is 23.3 Å². The molecule has 0 amide bonds. The lowest BCUT2D eigenvalue weighted by molar-refractivity contribution is 0.0602. The fourth-order valence-electron chi connectivity index (χ4n) is 1.87. The average Bonchev–Trinajstić information content (AvgIpc) is 2.87. The van der Waals surface area contributed by atoms with Crippen LogP contribution in [-0.2, 0) is 4.74 Å². The monoisotopic (exact) mass is 276 g/mol. The van der Waals surface area contributed by atoms with E-state index in [2.05, 4.69) is 4.74 Å². The van der Waals surface area contributed by atoms with Crippen LogP contribution in [0.5, 0.6) is 0 Å². The highest BCUT2D eigenvalue weighted by atomic mass is 16.5. The van der Waals surface area contributed by atoms with Crippen molar-refractivity contribution in [3.05, 3.63) is 35.8 Å². The third kappa shape index (κ3) is 2.05. The maximum Gasteiger partial charge on any atom is 0.342 e. The summed E-state index contributed by atoms with van der Waals surface area (Å²) in [6.45, 7) is 0. The normalized spacial score (nSPS) is 10.2. The van der Waals surface area contributed by atoms with Gasteiger partial charge in [0, 0.05) is 16.8 Å². The molecular weight excluding hydrogens is 264 g/mol. The van der Waals surface area contributed by atoms with Crippen LogP contribution < -0.4 is 11.5 Å².